The van der Waals surface area contributed by atoms with Crippen LogP contribution < -0.4 is 0 Å². The lowest BCUT2D eigenvalue weighted by atomic mass is 10.3. The van der Waals surface area contributed by atoms with Gasteiger partial charge in [-0.25, -0.2) is 24.2 Å². The van der Waals surface area contributed by atoms with Crippen LogP contribution in [0.5, 0.6) is 0 Å². The van der Waals surface area contributed by atoms with Crippen LogP contribution in [-0.2, 0) is 33.6 Å². The first kappa shape index (κ1) is 14.5. The lowest BCUT2D eigenvalue weighted by molar-refractivity contribution is -0.252. The Morgan fingerprint density at radius 2 is 1.79 bits per heavy atom. The Bertz CT molecular complexity index is 510. The highest BCUT2D eigenvalue weighted by molar-refractivity contribution is 5.92. The van der Waals surface area contributed by atoms with Gasteiger partial charge >= 0.3 is 23.9 Å². The van der Waals surface area contributed by atoms with Crippen molar-refractivity contribution in [2.45, 2.75) is 20.8 Å². The van der Waals surface area contributed by atoms with E-state index in [1.807, 2.05) is 0 Å². The Morgan fingerprint density at radius 1 is 1.21 bits per heavy atom. The monoisotopic (exact) mass is 268 g/mol. The van der Waals surface area contributed by atoms with Crippen LogP contribution in [0.4, 0.5) is 0 Å². The molecule has 0 unspecified atom stereocenters. The van der Waals surface area contributed by atoms with Gasteiger partial charge in [-0.05, 0) is 20.8 Å². The normalized spacial score (nSPS) is 16.6. The summed E-state index contributed by atoms with van der Waals surface area (Å²) in [6, 6.07) is 0. The molecule has 7 heteroatoms. The van der Waals surface area contributed by atoms with E-state index in [0.29, 0.717) is 0 Å². The molecule has 0 radical (unpaired) electrons. The van der Waals surface area contributed by atoms with E-state index in [4.69, 9.17) is 9.47 Å². The number of carbonyl (C=O) groups is 3. The van der Waals surface area contributed by atoms with E-state index < -0.39 is 17.9 Å². The predicted molar refractivity (Wildman–Crippen MR) is 60.6 cm³/mol. The Balaban J connectivity index is 2.70. The van der Waals surface area contributed by atoms with Crippen LogP contribution in [0.2, 0.25) is 0 Å². The zero-order valence-electron chi connectivity index (χ0n) is 10.6. The molecule has 0 aromatic rings. The molecule has 0 saturated carbocycles. The second-order valence-electron chi connectivity index (χ2n) is 3.74. The van der Waals surface area contributed by atoms with E-state index in [1.165, 1.54) is 20.8 Å². The number of hydrogen-bond acceptors (Lipinski definition) is 7. The maximum atomic E-state index is 11.5. The van der Waals surface area contributed by atoms with Crippen molar-refractivity contribution < 1.29 is 33.6 Å². The van der Waals surface area contributed by atoms with Crippen molar-refractivity contribution in [2.75, 3.05) is 0 Å². The minimum absolute atomic E-state index is 0.0667. The minimum atomic E-state index is -1.02. The molecule has 0 N–H and O–H groups in total. The lowest BCUT2D eigenvalue weighted by Crippen LogP contribution is -2.18. The first-order chi connectivity index (χ1) is 8.82. The van der Waals surface area contributed by atoms with Gasteiger partial charge in [0.1, 0.15) is 11.8 Å². The summed E-state index contributed by atoms with van der Waals surface area (Å²) in [6.45, 7) is 7.47. The largest absolute Gasteiger partial charge is 0.433 e. The fourth-order valence-corrected chi connectivity index (χ4v) is 0.836. The van der Waals surface area contributed by atoms with Gasteiger partial charge in [-0.15, -0.1) is 0 Å². The molecule has 0 saturated heterocycles. The maximum Gasteiger partial charge on any atom is 0.389 e. The van der Waals surface area contributed by atoms with Crippen molar-refractivity contribution in [1.29, 1.82) is 0 Å². The number of rotatable bonds is 2. The molecule has 1 heterocycles. The molecule has 1 aliphatic heterocycles. The molecule has 19 heavy (non-hydrogen) atoms. The second-order valence-corrected chi connectivity index (χ2v) is 3.74. The van der Waals surface area contributed by atoms with Crippen molar-refractivity contribution in [3.05, 3.63) is 35.5 Å². The average Bonchev–Trinajstić information content (AvgIpc) is 2.37. The van der Waals surface area contributed by atoms with E-state index in [0.717, 1.165) is 6.26 Å². The predicted octanol–water partition coefficient (Wildman–Crippen LogP) is 1.27. The standard InChI is InChI=1S/C12H12O7/c1-6(2)9(13)18-19-11(15)8(4)12-16-5-7(3)10(14)17-12/h5H,1H2,2-4H3/b12-8-. The number of esters is 1. The van der Waals surface area contributed by atoms with Gasteiger partial charge in [0.25, 0.3) is 0 Å². The molecule has 0 fully saturated rings. The molecule has 0 amide bonds. The van der Waals surface area contributed by atoms with Gasteiger partial charge < -0.3 is 9.47 Å². The van der Waals surface area contributed by atoms with Crippen LogP contribution in [0.15, 0.2) is 35.5 Å². The minimum Gasteiger partial charge on any atom is -0.433 e. The molecule has 0 aliphatic carbocycles. The van der Waals surface area contributed by atoms with Crippen molar-refractivity contribution in [2.24, 2.45) is 0 Å². The summed E-state index contributed by atoms with van der Waals surface area (Å²) >= 11 is 0. The molecule has 7 nitrogen and oxygen atoms in total. The van der Waals surface area contributed by atoms with Crippen LogP contribution in [0, 0.1) is 0 Å². The summed E-state index contributed by atoms with van der Waals surface area (Å²) in [5, 5.41) is 0. The summed E-state index contributed by atoms with van der Waals surface area (Å²) in [5.74, 6) is -2.88. The zero-order chi connectivity index (χ0) is 14.6. The third-order valence-corrected chi connectivity index (χ3v) is 2.00. The smallest absolute Gasteiger partial charge is 0.389 e. The van der Waals surface area contributed by atoms with E-state index in [2.05, 4.69) is 16.4 Å². The Hall–Kier alpha value is -2.57. The van der Waals surface area contributed by atoms with Crippen LogP contribution in [0.25, 0.3) is 0 Å². The fourth-order valence-electron chi connectivity index (χ4n) is 0.836. The molecular weight excluding hydrogens is 256 g/mol. The van der Waals surface area contributed by atoms with Crippen LogP contribution in [0.1, 0.15) is 20.8 Å². The number of hydrogen-bond donors (Lipinski definition) is 0. The molecule has 0 spiro atoms. The van der Waals surface area contributed by atoms with Gasteiger partial charge in [0.2, 0.25) is 0 Å². The molecule has 1 rings (SSSR count). The highest BCUT2D eigenvalue weighted by atomic mass is 17.2. The van der Waals surface area contributed by atoms with Gasteiger partial charge in [-0.2, -0.15) is 0 Å². The molecule has 102 valence electrons. The summed E-state index contributed by atoms with van der Waals surface area (Å²) in [6.07, 6.45) is 1.14. The van der Waals surface area contributed by atoms with Crippen molar-refractivity contribution in [1.82, 2.24) is 0 Å². The van der Waals surface area contributed by atoms with Gasteiger partial charge in [0.05, 0.1) is 5.57 Å². The first-order valence-electron chi connectivity index (χ1n) is 5.18. The summed E-state index contributed by atoms with van der Waals surface area (Å²) in [5.41, 5.74) is 0.155. The fraction of sp³-hybridized carbons (Fsp3) is 0.250. The molecule has 0 bridgehead atoms. The van der Waals surface area contributed by atoms with Crippen molar-refractivity contribution in [3.8, 4) is 0 Å². The molecule has 0 aromatic carbocycles. The topological polar surface area (TPSA) is 88.1 Å². The SMILES string of the molecule is C=C(C)C(=O)OOC(=O)/C(C)=C1/OC=C(C)C(=O)O1. The van der Waals surface area contributed by atoms with Crippen molar-refractivity contribution in [3.63, 3.8) is 0 Å². The highest BCUT2D eigenvalue weighted by Gasteiger charge is 2.24. The van der Waals surface area contributed by atoms with E-state index in [9.17, 15) is 14.4 Å². The van der Waals surface area contributed by atoms with Crippen LogP contribution in [0.3, 0.4) is 0 Å². The third-order valence-electron chi connectivity index (χ3n) is 2.00. The third kappa shape index (κ3) is 3.70. The van der Waals surface area contributed by atoms with Crippen LogP contribution >= 0.6 is 0 Å². The van der Waals surface area contributed by atoms with E-state index >= 15 is 0 Å². The zero-order valence-corrected chi connectivity index (χ0v) is 10.6. The molecule has 0 atom stereocenters. The highest BCUT2D eigenvalue weighted by Crippen LogP contribution is 2.18. The van der Waals surface area contributed by atoms with Crippen LogP contribution in [-0.4, -0.2) is 17.9 Å². The molecule has 1 aliphatic rings. The van der Waals surface area contributed by atoms with Gasteiger partial charge in [0.15, 0.2) is 0 Å². The maximum absolute atomic E-state index is 11.5. The van der Waals surface area contributed by atoms with E-state index in [1.54, 1.807) is 0 Å². The number of carbonyl (C=O) groups excluding carboxylic acids is 3. The second kappa shape index (κ2) is 5.85. The quantitative estimate of drug-likeness (QED) is 0.322. The Labute approximate surface area is 109 Å². The van der Waals surface area contributed by atoms with Gasteiger partial charge in [0, 0.05) is 5.57 Å². The lowest BCUT2D eigenvalue weighted by Gasteiger charge is -2.14. The number of cyclic esters (lactones) is 1. The summed E-state index contributed by atoms with van der Waals surface area (Å²) < 4.78 is 9.64. The Morgan fingerprint density at radius 3 is 2.32 bits per heavy atom. The summed E-state index contributed by atoms with van der Waals surface area (Å²) in [4.78, 5) is 42.1. The van der Waals surface area contributed by atoms with Crippen molar-refractivity contribution >= 4 is 17.9 Å². The first-order valence-corrected chi connectivity index (χ1v) is 5.18. The summed E-state index contributed by atoms with van der Waals surface area (Å²) in [7, 11) is 0. The number of ether oxygens (including phenoxy) is 2. The molecular formula is C12H12O7. The Kier molecular flexibility index (Phi) is 4.46. The average molecular weight is 268 g/mol. The molecule has 0 aromatic heterocycles. The van der Waals surface area contributed by atoms with Gasteiger partial charge in [-0.1, -0.05) is 6.58 Å². The van der Waals surface area contributed by atoms with Gasteiger partial charge in [-0.3, -0.25) is 0 Å². The van der Waals surface area contributed by atoms with E-state index in [-0.39, 0.29) is 22.7 Å².